The molecule has 26 heavy (non-hydrogen) atoms. The molecule has 134 valence electrons. The van der Waals surface area contributed by atoms with Crippen LogP contribution in [0.5, 0.6) is 0 Å². The van der Waals surface area contributed by atoms with Gasteiger partial charge in [0.2, 0.25) is 11.8 Å². The van der Waals surface area contributed by atoms with Crippen LogP contribution in [0, 0.1) is 0 Å². The minimum absolute atomic E-state index is 0.0654. The summed E-state index contributed by atoms with van der Waals surface area (Å²) in [7, 11) is -3.92. The molecule has 0 atom stereocenters. The van der Waals surface area contributed by atoms with Crippen molar-refractivity contribution in [2.75, 3.05) is 9.62 Å². The highest BCUT2D eigenvalue weighted by molar-refractivity contribution is 7.92. The van der Waals surface area contributed by atoms with E-state index in [-0.39, 0.29) is 40.8 Å². The van der Waals surface area contributed by atoms with Crippen LogP contribution in [-0.4, -0.2) is 26.2 Å². The minimum Gasteiger partial charge on any atom is -0.545 e. The standard InChI is InChI=1S/C17H14N2O6S/c20-15-9-10-16(21)19(15)13-5-7-14(8-6-13)26(24,25)18-12-3-1-11(2-4-12)17(22)23/h1-8,18H,9-10H2,(H,22,23)/p-1. The highest BCUT2D eigenvalue weighted by Crippen LogP contribution is 2.25. The molecule has 2 aromatic carbocycles. The molecule has 0 aliphatic carbocycles. The average molecular weight is 373 g/mol. The summed E-state index contributed by atoms with van der Waals surface area (Å²) in [6.07, 6.45) is 0.282. The number of carboxylic acids is 1. The first-order valence-corrected chi connectivity index (χ1v) is 9.06. The topological polar surface area (TPSA) is 124 Å². The second-order valence-corrected chi connectivity index (χ2v) is 7.27. The van der Waals surface area contributed by atoms with Gasteiger partial charge in [-0.3, -0.25) is 19.2 Å². The smallest absolute Gasteiger partial charge is 0.261 e. The fourth-order valence-corrected chi connectivity index (χ4v) is 3.59. The maximum atomic E-state index is 12.4. The first-order valence-electron chi connectivity index (χ1n) is 7.58. The quantitative estimate of drug-likeness (QED) is 0.762. The summed E-state index contributed by atoms with van der Waals surface area (Å²) in [4.78, 5) is 35.1. The number of sulfonamides is 1. The van der Waals surface area contributed by atoms with Crippen LogP contribution in [-0.2, 0) is 19.6 Å². The van der Waals surface area contributed by atoms with Crippen LogP contribution in [0.15, 0.2) is 53.4 Å². The van der Waals surface area contributed by atoms with Gasteiger partial charge in [-0.15, -0.1) is 0 Å². The molecule has 2 aromatic rings. The molecule has 3 rings (SSSR count). The number of anilines is 2. The van der Waals surface area contributed by atoms with Crippen molar-refractivity contribution in [1.82, 2.24) is 0 Å². The number of hydrogen-bond acceptors (Lipinski definition) is 6. The highest BCUT2D eigenvalue weighted by Gasteiger charge is 2.30. The number of carboxylic acid groups (broad SMARTS) is 1. The summed E-state index contributed by atoms with van der Waals surface area (Å²) in [5, 5.41) is 10.7. The minimum atomic E-state index is -3.92. The molecule has 0 unspecified atom stereocenters. The normalized spacial score (nSPS) is 14.5. The van der Waals surface area contributed by atoms with E-state index < -0.39 is 16.0 Å². The Labute approximate surface area is 149 Å². The van der Waals surface area contributed by atoms with Crippen molar-refractivity contribution >= 4 is 39.2 Å². The zero-order valence-corrected chi connectivity index (χ0v) is 14.2. The predicted molar refractivity (Wildman–Crippen MR) is 89.8 cm³/mol. The van der Waals surface area contributed by atoms with Crippen molar-refractivity contribution in [1.29, 1.82) is 0 Å². The average Bonchev–Trinajstić information content (AvgIpc) is 2.94. The molecule has 9 heteroatoms. The van der Waals surface area contributed by atoms with Gasteiger partial charge in [0.25, 0.3) is 10.0 Å². The molecule has 0 aromatic heterocycles. The first kappa shape index (κ1) is 17.6. The Kier molecular flexibility index (Phi) is 4.47. The predicted octanol–water partition coefficient (Wildman–Crippen LogP) is 0.504. The van der Waals surface area contributed by atoms with Gasteiger partial charge in [0, 0.05) is 18.5 Å². The molecule has 0 saturated carbocycles. The van der Waals surface area contributed by atoms with Crippen molar-refractivity contribution in [3.63, 3.8) is 0 Å². The van der Waals surface area contributed by atoms with Gasteiger partial charge in [-0.25, -0.2) is 8.42 Å². The zero-order chi connectivity index (χ0) is 18.9. The Balaban J connectivity index is 1.80. The third-order valence-corrected chi connectivity index (χ3v) is 5.23. The molecule has 1 fully saturated rings. The number of nitrogens with one attached hydrogen (secondary N) is 1. The summed E-state index contributed by atoms with van der Waals surface area (Å²) in [6, 6.07) is 10.4. The summed E-state index contributed by atoms with van der Waals surface area (Å²) in [6.45, 7) is 0. The molecule has 1 N–H and O–H groups in total. The number of carbonyl (C=O) groups excluding carboxylic acids is 3. The Hall–Kier alpha value is -3.20. The Bertz CT molecular complexity index is 965. The van der Waals surface area contributed by atoms with Gasteiger partial charge in [0.1, 0.15) is 0 Å². The first-order chi connectivity index (χ1) is 12.3. The third-order valence-electron chi connectivity index (χ3n) is 3.83. The van der Waals surface area contributed by atoms with Crippen LogP contribution in [0.2, 0.25) is 0 Å². The number of imide groups is 1. The molecule has 0 spiro atoms. The zero-order valence-electron chi connectivity index (χ0n) is 13.3. The lowest BCUT2D eigenvalue weighted by Gasteiger charge is -2.14. The van der Waals surface area contributed by atoms with E-state index in [9.17, 15) is 27.9 Å². The van der Waals surface area contributed by atoms with E-state index in [0.717, 1.165) is 4.90 Å². The Morgan fingerprint density at radius 1 is 0.923 bits per heavy atom. The van der Waals surface area contributed by atoms with E-state index in [0.29, 0.717) is 5.69 Å². The van der Waals surface area contributed by atoms with Gasteiger partial charge in [-0.1, -0.05) is 12.1 Å². The molecule has 1 saturated heterocycles. The van der Waals surface area contributed by atoms with E-state index in [4.69, 9.17) is 0 Å². The van der Waals surface area contributed by atoms with Crippen LogP contribution in [0.4, 0.5) is 11.4 Å². The summed E-state index contributed by atoms with van der Waals surface area (Å²) in [5.41, 5.74) is 0.427. The lowest BCUT2D eigenvalue weighted by atomic mass is 10.2. The second kappa shape index (κ2) is 6.60. The van der Waals surface area contributed by atoms with Gasteiger partial charge in [0.05, 0.1) is 16.6 Å². The number of carbonyl (C=O) groups is 3. The van der Waals surface area contributed by atoms with Crippen molar-refractivity contribution in [2.45, 2.75) is 17.7 Å². The van der Waals surface area contributed by atoms with Crippen LogP contribution < -0.4 is 14.7 Å². The van der Waals surface area contributed by atoms with Crippen molar-refractivity contribution in [3.05, 3.63) is 54.1 Å². The fourth-order valence-electron chi connectivity index (χ4n) is 2.53. The number of rotatable bonds is 5. The van der Waals surface area contributed by atoms with Crippen LogP contribution in [0.25, 0.3) is 0 Å². The molecule has 0 radical (unpaired) electrons. The molecule has 1 heterocycles. The van der Waals surface area contributed by atoms with Gasteiger partial charge < -0.3 is 9.90 Å². The van der Waals surface area contributed by atoms with Crippen LogP contribution in [0.1, 0.15) is 23.2 Å². The lowest BCUT2D eigenvalue weighted by Crippen LogP contribution is -2.28. The Morgan fingerprint density at radius 2 is 1.46 bits per heavy atom. The number of benzene rings is 2. The van der Waals surface area contributed by atoms with Crippen LogP contribution >= 0.6 is 0 Å². The van der Waals surface area contributed by atoms with Crippen molar-refractivity contribution in [3.8, 4) is 0 Å². The Morgan fingerprint density at radius 3 is 1.96 bits per heavy atom. The molecule has 2 amide bonds. The highest BCUT2D eigenvalue weighted by atomic mass is 32.2. The van der Waals surface area contributed by atoms with Crippen molar-refractivity contribution < 1.29 is 27.9 Å². The van der Waals surface area contributed by atoms with E-state index in [1.165, 1.54) is 48.5 Å². The van der Waals surface area contributed by atoms with Gasteiger partial charge in [0.15, 0.2) is 0 Å². The number of nitrogens with zero attached hydrogens (tertiary/aromatic N) is 1. The van der Waals surface area contributed by atoms with Crippen LogP contribution in [0.3, 0.4) is 0 Å². The largest absolute Gasteiger partial charge is 0.545 e. The molecule has 8 nitrogen and oxygen atoms in total. The fraction of sp³-hybridized carbons (Fsp3) is 0.118. The van der Waals surface area contributed by atoms with Gasteiger partial charge >= 0.3 is 0 Å². The van der Waals surface area contributed by atoms with Gasteiger partial charge in [-0.05, 0) is 42.0 Å². The maximum absolute atomic E-state index is 12.4. The maximum Gasteiger partial charge on any atom is 0.261 e. The number of amides is 2. The summed E-state index contributed by atoms with van der Waals surface area (Å²) < 4.78 is 27.1. The molecular formula is C17H13N2O6S-. The van der Waals surface area contributed by atoms with Gasteiger partial charge in [-0.2, -0.15) is 0 Å². The SMILES string of the molecule is O=C([O-])c1ccc(NS(=O)(=O)c2ccc(N3C(=O)CCC3=O)cc2)cc1. The number of aromatic carboxylic acids is 1. The molecule has 0 bridgehead atoms. The van der Waals surface area contributed by atoms with Crippen molar-refractivity contribution in [2.24, 2.45) is 0 Å². The molecule has 1 aliphatic heterocycles. The third kappa shape index (κ3) is 3.42. The monoisotopic (exact) mass is 373 g/mol. The summed E-state index contributed by atoms with van der Waals surface area (Å²) in [5.74, 6) is -2.01. The lowest BCUT2D eigenvalue weighted by molar-refractivity contribution is -0.255. The van der Waals surface area contributed by atoms with E-state index >= 15 is 0 Å². The molecular weight excluding hydrogens is 360 g/mol. The second-order valence-electron chi connectivity index (χ2n) is 5.59. The van der Waals surface area contributed by atoms with E-state index in [2.05, 4.69) is 4.72 Å². The molecule has 1 aliphatic rings. The van der Waals surface area contributed by atoms with E-state index in [1.807, 2.05) is 0 Å². The number of hydrogen-bond donors (Lipinski definition) is 1. The van der Waals surface area contributed by atoms with E-state index in [1.54, 1.807) is 0 Å². The summed E-state index contributed by atoms with van der Waals surface area (Å²) >= 11 is 0.